The molecule has 3 rings (SSSR count). The van der Waals surface area contributed by atoms with Gasteiger partial charge in [-0.05, 0) is 35.9 Å². The zero-order chi connectivity index (χ0) is 17.1. The van der Waals surface area contributed by atoms with Gasteiger partial charge in [-0.3, -0.25) is 14.5 Å². The SMILES string of the molecule is O=C(OCc1cccc(Cl)c1)c1cccc(N2C(=O)CCC2=O)c1. The van der Waals surface area contributed by atoms with Gasteiger partial charge in [0.05, 0.1) is 11.3 Å². The van der Waals surface area contributed by atoms with E-state index in [0.717, 1.165) is 10.5 Å². The average molecular weight is 344 g/mol. The zero-order valence-corrected chi connectivity index (χ0v) is 13.5. The monoisotopic (exact) mass is 343 g/mol. The molecule has 0 N–H and O–H groups in total. The van der Waals surface area contributed by atoms with Gasteiger partial charge in [-0.1, -0.05) is 29.8 Å². The predicted molar refractivity (Wildman–Crippen MR) is 88.7 cm³/mol. The van der Waals surface area contributed by atoms with Crippen LogP contribution >= 0.6 is 11.6 Å². The van der Waals surface area contributed by atoms with E-state index in [-0.39, 0.29) is 36.8 Å². The van der Waals surface area contributed by atoms with Crippen LogP contribution in [-0.2, 0) is 20.9 Å². The Morgan fingerprint density at radius 1 is 1.04 bits per heavy atom. The van der Waals surface area contributed by atoms with Crippen molar-refractivity contribution in [3.63, 3.8) is 0 Å². The van der Waals surface area contributed by atoms with Crippen LogP contribution in [0, 0.1) is 0 Å². The summed E-state index contributed by atoms with van der Waals surface area (Å²) >= 11 is 5.89. The van der Waals surface area contributed by atoms with Gasteiger partial charge < -0.3 is 4.74 Å². The molecule has 0 aliphatic carbocycles. The Hall–Kier alpha value is -2.66. The lowest BCUT2D eigenvalue weighted by molar-refractivity contribution is -0.121. The summed E-state index contributed by atoms with van der Waals surface area (Å²) in [6.07, 6.45) is 0.393. The molecule has 2 aromatic carbocycles. The average Bonchev–Trinajstić information content (AvgIpc) is 2.91. The first-order valence-corrected chi connectivity index (χ1v) is 7.80. The third kappa shape index (κ3) is 3.46. The second-order valence-electron chi connectivity index (χ2n) is 5.38. The van der Waals surface area contributed by atoms with E-state index in [4.69, 9.17) is 16.3 Å². The quantitative estimate of drug-likeness (QED) is 0.631. The molecule has 24 heavy (non-hydrogen) atoms. The van der Waals surface area contributed by atoms with E-state index >= 15 is 0 Å². The molecule has 5 nitrogen and oxygen atoms in total. The Morgan fingerprint density at radius 2 is 1.75 bits per heavy atom. The molecule has 1 saturated heterocycles. The molecule has 0 unspecified atom stereocenters. The summed E-state index contributed by atoms with van der Waals surface area (Å²) in [6.45, 7) is 0.0885. The van der Waals surface area contributed by atoms with Gasteiger partial charge in [0.25, 0.3) is 0 Å². The first-order chi connectivity index (χ1) is 11.5. The smallest absolute Gasteiger partial charge is 0.338 e. The third-order valence-electron chi connectivity index (χ3n) is 3.65. The highest BCUT2D eigenvalue weighted by molar-refractivity contribution is 6.30. The number of amides is 2. The van der Waals surface area contributed by atoms with Gasteiger partial charge in [-0.25, -0.2) is 4.79 Å². The highest BCUT2D eigenvalue weighted by Crippen LogP contribution is 2.24. The van der Waals surface area contributed by atoms with E-state index < -0.39 is 5.97 Å². The van der Waals surface area contributed by atoms with Crippen LogP contribution in [0.15, 0.2) is 48.5 Å². The molecule has 0 saturated carbocycles. The standard InChI is InChI=1S/C18H14ClNO4/c19-14-5-1-3-12(9-14)11-24-18(23)13-4-2-6-15(10-13)20-16(21)7-8-17(20)22/h1-6,9-10H,7-8,11H2. The van der Waals surface area contributed by atoms with E-state index in [1.807, 2.05) is 0 Å². The molecule has 1 fully saturated rings. The van der Waals surface area contributed by atoms with E-state index in [1.54, 1.807) is 42.5 Å². The van der Waals surface area contributed by atoms with Crippen LogP contribution in [0.4, 0.5) is 5.69 Å². The molecule has 2 amide bonds. The van der Waals surface area contributed by atoms with Gasteiger partial charge in [0.2, 0.25) is 11.8 Å². The van der Waals surface area contributed by atoms with Gasteiger partial charge in [0.1, 0.15) is 6.61 Å². The van der Waals surface area contributed by atoms with Crippen LogP contribution in [0.5, 0.6) is 0 Å². The first-order valence-electron chi connectivity index (χ1n) is 7.42. The third-order valence-corrected chi connectivity index (χ3v) is 3.89. The number of carbonyl (C=O) groups is 3. The fraction of sp³-hybridized carbons (Fsp3) is 0.167. The van der Waals surface area contributed by atoms with E-state index in [0.29, 0.717) is 10.7 Å². The minimum absolute atomic E-state index is 0.0885. The molecule has 0 spiro atoms. The van der Waals surface area contributed by atoms with Crippen LogP contribution in [0.3, 0.4) is 0 Å². The lowest BCUT2D eigenvalue weighted by Gasteiger charge is -2.14. The van der Waals surface area contributed by atoms with Crippen molar-refractivity contribution in [3.8, 4) is 0 Å². The minimum atomic E-state index is -0.532. The molecule has 122 valence electrons. The Balaban J connectivity index is 1.72. The van der Waals surface area contributed by atoms with E-state index in [2.05, 4.69) is 0 Å². The molecule has 0 atom stereocenters. The van der Waals surface area contributed by atoms with E-state index in [1.165, 1.54) is 6.07 Å². The molecule has 0 radical (unpaired) electrons. The molecule has 1 heterocycles. The summed E-state index contributed by atoms with van der Waals surface area (Å²) in [6, 6.07) is 13.3. The van der Waals surface area contributed by atoms with Gasteiger partial charge in [-0.2, -0.15) is 0 Å². The number of rotatable bonds is 4. The number of esters is 1. The highest BCUT2D eigenvalue weighted by atomic mass is 35.5. The Bertz CT molecular complexity index is 802. The maximum Gasteiger partial charge on any atom is 0.338 e. The maximum absolute atomic E-state index is 12.2. The number of hydrogen-bond acceptors (Lipinski definition) is 4. The number of anilines is 1. The molecule has 2 aromatic rings. The summed E-state index contributed by atoms with van der Waals surface area (Å²) in [5.74, 6) is -1.05. The topological polar surface area (TPSA) is 63.7 Å². The maximum atomic E-state index is 12.2. The Morgan fingerprint density at radius 3 is 2.46 bits per heavy atom. The second-order valence-corrected chi connectivity index (χ2v) is 5.82. The van der Waals surface area contributed by atoms with E-state index in [9.17, 15) is 14.4 Å². The Kier molecular flexibility index (Phi) is 4.62. The largest absolute Gasteiger partial charge is 0.457 e. The van der Waals surface area contributed by atoms with Crippen molar-refractivity contribution in [2.75, 3.05) is 4.90 Å². The van der Waals surface area contributed by atoms with Crippen LogP contribution < -0.4 is 4.90 Å². The fourth-order valence-corrected chi connectivity index (χ4v) is 2.71. The molecule has 1 aliphatic heterocycles. The van der Waals surface area contributed by atoms with Crippen molar-refractivity contribution in [2.24, 2.45) is 0 Å². The number of halogens is 1. The number of imide groups is 1. The van der Waals surface area contributed by atoms with Crippen LogP contribution in [-0.4, -0.2) is 17.8 Å². The second kappa shape index (κ2) is 6.84. The molecule has 6 heteroatoms. The van der Waals surface area contributed by atoms with Crippen LogP contribution in [0.1, 0.15) is 28.8 Å². The zero-order valence-electron chi connectivity index (χ0n) is 12.7. The number of carbonyl (C=O) groups excluding carboxylic acids is 3. The van der Waals surface area contributed by atoms with Gasteiger partial charge in [-0.15, -0.1) is 0 Å². The molecule has 0 bridgehead atoms. The number of ether oxygens (including phenoxy) is 1. The summed E-state index contributed by atoms with van der Waals surface area (Å²) in [4.78, 5) is 36.9. The summed E-state index contributed by atoms with van der Waals surface area (Å²) < 4.78 is 5.25. The highest BCUT2D eigenvalue weighted by Gasteiger charge is 2.30. The van der Waals surface area contributed by atoms with Crippen molar-refractivity contribution in [1.29, 1.82) is 0 Å². The van der Waals surface area contributed by atoms with Crippen molar-refractivity contribution in [3.05, 3.63) is 64.7 Å². The lowest BCUT2D eigenvalue weighted by Crippen LogP contribution is -2.28. The minimum Gasteiger partial charge on any atom is -0.457 e. The number of nitrogens with zero attached hydrogens (tertiary/aromatic N) is 1. The normalized spacial score (nSPS) is 14.1. The number of hydrogen-bond donors (Lipinski definition) is 0. The van der Waals surface area contributed by atoms with Gasteiger partial charge in [0.15, 0.2) is 0 Å². The van der Waals surface area contributed by atoms with Crippen molar-refractivity contribution >= 4 is 35.1 Å². The van der Waals surface area contributed by atoms with Crippen molar-refractivity contribution in [2.45, 2.75) is 19.4 Å². The van der Waals surface area contributed by atoms with Gasteiger partial charge >= 0.3 is 5.97 Å². The summed E-state index contributed by atoms with van der Waals surface area (Å²) in [7, 11) is 0. The molecular formula is C18H14ClNO4. The van der Waals surface area contributed by atoms with Crippen LogP contribution in [0.2, 0.25) is 5.02 Å². The number of benzene rings is 2. The molecule has 1 aliphatic rings. The fourth-order valence-electron chi connectivity index (χ4n) is 2.50. The lowest BCUT2D eigenvalue weighted by atomic mass is 10.2. The van der Waals surface area contributed by atoms with Gasteiger partial charge in [0, 0.05) is 17.9 Å². The Labute approximate surface area is 143 Å². The van der Waals surface area contributed by atoms with Crippen molar-refractivity contribution in [1.82, 2.24) is 0 Å². The summed E-state index contributed by atoms with van der Waals surface area (Å²) in [5, 5.41) is 0.566. The molecule has 0 aromatic heterocycles. The summed E-state index contributed by atoms with van der Waals surface area (Å²) in [5.41, 5.74) is 1.44. The van der Waals surface area contributed by atoms with Crippen molar-refractivity contribution < 1.29 is 19.1 Å². The predicted octanol–water partition coefficient (Wildman–Crippen LogP) is 3.35. The molecular weight excluding hydrogens is 330 g/mol. The first kappa shape index (κ1) is 16.2. The van der Waals surface area contributed by atoms with Crippen LogP contribution in [0.25, 0.3) is 0 Å².